The first-order chi connectivity index (χ1) is 9.17. The van der Waals surface area contributed by atoms with Gasteiger partial charge in [-0.2, -0.15) is 0 Å². The van der Waals surface area contributed by atoms with E-state index in [4.69, 9.17) is 4.74 Å². The molecule has 0 saturated carbocycles. The van der Waals surface area contributed by atoms with Gasteiger partial charge in [0.15, 0.2) is 0 Å². The third-order valence-electron chi connectivity index (χ3n) is 3.76. The van der Waals surface area contributed by atoms with Gasteiger partial charge in [-0.25, -0.2) is 0 Å². The van der Waals surface area contributed by atoms with Gasteiger partial charge in [-0.15, -0.1) is 0 Å². The van der Waals surface area contributed by atoms with Crippen LogP contribution in [0.1, 0.15) is 46.5 Å². The zero-order valence-corrected chi connectivity index (χ0v) is 12.8. The lowest BCUT2D eigenvalue weighted by Crippen LogP contribution is -2.47. The smallest absolute Gasteiger partial charge is 0.324 e. The second kappa shape index (κ2) is 9.32. The number of nitrogens with zero attached hydrogens (tertiary/aromatic N) is 1. The summed E-state index contributed by atoms with van der Waals surface area (Å²) in [7, 11) is 0. The van der Waals surface area contributed by atoms with E-state index in [-0.39, 0.29) is 12.0 Å². The zero-order chi connectivity index (χ0) is 14.1. The molecule has 0 amide bonds. The number of hydrogen-bond donors (Lipinski definition) is 1. The number of carbonyl (C=O) groups excluding carboxylic acids is 1. The summed E-state index contributed by atoms with van der Waals surface area (Å²) in [6.07, 6.45) is 4.82. The Morgan fingerprint density at radius 1 is 1.37 bits per heavy atom. The fourth-order valence-corrected chi connectivity index (χ4v) is 2.55. The van der Waals surface area contributed by atoms with Crippen molar-refractivity contribution in [1.82, 2.24) is 10.2 Å². The maximum Gasteiger partial charge on any atom is 0.324 e. The van der Waals surface area contributed by atoms with Gasteiger partial charge >= 0.3 is 5.97 Å². The van der Waals surface area contributed by atoms with Crippen molar-refractivity contribution in [2.75, 3.05) is 32.8 Å². The maximum atomic E-state index is 12.0. The van der Waals surface area contributed by atoms with Gasteiger partial charge in [-0.1, -0.05) is 13.8 Å². The van der Waals surface area contributed by atoms with Gasteiger partial charge in [0.1, 0.15) is 6.04 Å². The van der Waals surface area contributed by atoms with Crippen LogP contribution in [0, 0.1) is 5.92 Å². The minimum atomic E-state index is -0.173. The van der Waals surface area contributed by atoms with Crippen LogP contribution in [-0.2, 0) is 9.53 Å². The Morgan fingerprint density at radius 2 is 2.16 bits per heavy atom. The van der Waals surface area contributed by atoms with Crippen LogP contribution in [0.25, 0.3) is 0 Å². The molecular weight excluding hydrogens is 240 g/mol. The molecule has 0 bridgehead atoms. The van der Waals surface area contributed by atoms with Crippen LogP contribution in [0.15, 0.2) is 0 Å². The van der Waals surface area contributed by atoms with Crippen LogP contribution >= 0.6 is 0 Å². The van der Waals surface area contributed by atoms with Crippen LogP contribution in [-0.4, -0.2) is 49.7 Å². The first-order valence-electron chi connectivity index (χ1n) is 7.79. The molecule has 0 spiro atoms. The molecule has 0 aliphatic carbocycles. The van der Waals surface area contributed by atoms with Crippen molar-refractivity contribution in [2.24, 2.45) is 5.92 Å². The first kappa shape index (κ1) is 16.4. The second-order valence-corrected chi connectivity index (χ2v) is 5.60. The molecule has 4 heteroatoms. The largest absolute Gasteiger partial charge is 0.465 e. The molecule has 2 unspecified atom stereocenters. The molecule has 0 aromatic rings. The topological polar surface area (TPSA) is 41.6 Å². The number of nitrogens with one attached hydrogen (secondary N) is 1. The molecule has 1 aliphatic heterocycles. The van der Waals surface area contributed by atoms with Gasteiger partial charge in [0.2, 0.25) is 0 Å². The highest BCUT2D eigenvalue weighted by molar-refractivity contribution is 5.76. The van der Waals surface area contributed by atoms with Gasteiger partial charge in [0.05, 0.1) is 6.61 Å². The number of esters is 1. The van der Waals surface area contributed by atoms with Crippen molar-refractivity contribution >= 4 is 5.97 Å². The monoisotopic (exact) mass is 270 g/mol. The fraction of sp³-hybridized carbons (Fsp3) is 0.933. The summed E-state index contributed by atoms with van der Waals surface area (Å²) in [5, 5.41) is 3.32. The minimum absolute atomic E-state index is 0.103. The highest BCUT2D eigenvalue weighted by Gasteiger charge is 2.23. The van der Waals surface area contributed by atoms with Crippen LogP contribution in [0.3, 0.4) is 0 Å². The van der Waals surface area contributed by atoms with E-state index in [2.05, 4.69) is 24.1 Å². The normalized spacial score (nSPS) is 22.8. The van der Waals surface area contributed by atoms with E-state index in [9.17, 15) is 4.79 Å². The molecule has 1 heterocycles. The van der Waals surface area contributed by atoms with Crippen molar-refractivity contribution < 1.29 is 9.53 Å². The SMILES string of the molecule is CCCNC(CN1CCCC(C)CC1)C(=O)OCC. The second-order valence-electron chi connectivity index (χ2n) is 5.60. The lowest BCUT2D eigenvalue weighted by atomic mass is 10.0. The molecule has 1 N–H and O–H groups in total. The Balaban J connectivity index is 2.47. The number of hydrogen-bond acceptors (Lipinski definition) is 4. The molecule has 1 saturated heterocycles. The highest BCUT2D eigenvalue weighted by Crippen LogP contribution is 2.16. The van der Waals surface area contributed by atoms with E-state index in [1.807, 2.05) is 6.92 Å². The number of ether oxygens (including phenoxy) is 1. The number of carbonyl (C=O) groups is 1. The average Bonchev–Trinajstić information content (AvgIpc) is 2.59. The van der Waals surface area contributed by atoms with Crippen LogP contribution < -0.4 is 5.32 Å². The van der Waals surface area contributed by atoms with Crippen molar-refractivity contribution in [3.05, 3.63) is 0 Å². The number of rotatable bonds is 7. The fourth-order valence-electron chi connectivity index (χ4n) is 2.55. The average molecular weight is 270 g/mol. The van der Waals surface area contributed by atoms with E-state index < -0.39 is 0 Å². The molecule has 4 nitrogen and oxygen atoms in total. The van der Waals surface area contributed by atoms with E-state index in [1.54, 1.807) is 0 Å². The lowest BCUT2D eigenvalue weighted by Gasteiger charge is -2.25. The van der Waals surface area contributed by atoms with Gasteiger partial charge < -0.3 is 15.0 Å². The highest BCUT2D eigenvalue weighted by atomic mass is 16.5. The summed E-state index contributed by atoms with van der Waals surface area (Å²) < 4.78 is 5.17. The molecule has 1 rings (SSSR count). The van der Waals surface area contributed by atoms with Crippen LogP contribution in [0.2, 0.25) is 0 Å². The molecule has 19 heavy (non-hydrogen) atoms. The molecule has 112 valence electrons. The predicted octanol–water partition coefficient (Wildman–Crippen LogP) is 2.04. The Hall–Kier alpha value is -0.610. The van der Waals surface area contributed by atoms with E-state index in [1.165, 1.54) is 19.3 Å². The molecule has 0 radical (unpaired) electrons. The molecule has 2 atom stereocenters. The van der Waals surface area contributed by atoms with Crippen LogP contribution in [0.4, 0.5) is 0 Å². The van der Waals surface area contributed by atoms with Gasteiger partial charge in [0.25, 0.3) is 0 Å². The standard InChI is InChI=1S/C15H30N2O2/c1-4-9-16-14(15(18)19-5-2)12-17-10-6-7-13(3)8-11-17/h13-14,16H,4-12H2,1-3H3. The number of likely N-dealkylation sites (tertiary alicyclic amines) is 1. The molecule has 1 fully saturated rings. The summed E-state index contributed by atoms with van der Waals surface area (Å²) in [5.41, 5.74) is 0. The maximum absolute atomic E-state index is 12.0. The molecule has 0 aromatic carbocycles. The Labute approximate surface area is 117 Å². The third kappa shape index (κ3) is 6.39. The Morgan fingerprint density at radius 3 is 2.84 bits per heavy atom. The summed E-state index contributed by atoms with van der Waals surface area (Å²) in [4.78, 5) is 14.4. The molecular formula is C15H30N2O2. The summed E-state index contributed by atoms with van der Waals surface area (Å²) >= 11 is 0. The predicted molar refractivity (Wildman–Crippen MR) is 78.2 cm³/mol. The van der Waals surface area contributed by atoms with E-state index in [0.29, 0.717) is 6.61 Å². The van der Waals surface area contributed by atoms with Gasteiger partial charge in [-0.05, 0) is 58.2 Å². The minimum Gasteiger partial charge on any atom is -0.465 e. The summed E-state index contributed by atoms with van der Waals surface area (Å²) in [6.45, 7) is 10.6. The van der Waals surface area contributed by atoms with Gasteiger partial charge in [0, 0.05) is 6.54 Å². The lowest BCUT2D eigenvalue weighted by molar-refractivity contribution is -0.146. The summed E-state index contributed by atoms with van der Waals surface area (Å²) in [6, 6.07) is -0.173. The third-order valence-corrected chi connectivity index (χ3v) is 3.76. The summed E-state index contributed by atoms with van der Waals surface area (Å²) in [5.74, 6) is 0.711. The Kier molecular flexibility index (Phi) is 8.07. The quantitative estimate of drug-likeness (QED) is 0.719. The van der Waals surface area contributed by atoms with E-state index >= 15 is 0 Å². The van der Waals surface area contributed by atoms with Crippen molar-refractivity contribution in [3.8, 4) is 0 Å². The molecule has 0 aromatic heterocycles. The van der Waals surface area contributed by atoms with Crippen molar-refractivity contribution in [3.63, 3.8) is 0 Å². The Bertz CT molecular complexity index is 259. The van der Waals surface area contributed by atoms with Crippen molar-refractivity contribution in [1.29, 1.82) is 0 Å². The zero-order valence-electron chi connectivity index (χ0n) is 12.8. The van der Waals surface area contributed by atoms with Crippen molar-refractivity contribution in [2.45, 2.75) is 52.5 Å². The molecule has 1 aliphatic rings. The van der Waals surface area contributed by atoms with Crippen LogP contribution in [0.5, 0.6) is 0 Å². The van der Waals surface area contributed by atoms with E-state index in [0.717, 1.165) is 38.5 Å². The van der Waals surface area contributed by atoms with Gasteiger partial charge in [-0.3, -0.25) is 4.79 Å². The first-order valence-corrected chi connectivity index (χ1v) is 7.79.